The number of rotatable bonds is 16. The predicted octanol–water partition coefficient (Wildman–Crippen LogP) is 7.10. The molecule has 3 heteroatoms. The van der Waals surface area contributed by atoms with E-state index in [2.05, 4.69) is 48.4 Å². The largest absolute Gasteiger partial charge is 0.461 e. The van der Waals surface area contributed by atoms with Gasteiger partial charge in [-0.1, -0.05) is 75.1 Å². The number of esters is 1. The fourth-order valence-corrected chi connectivity index (χ4v) is 2.70. The van der Waals surface area contributed by atoms with Crippen LogP contribution in [0, 0.1) is 0 Å². The van der Waals surface area contributed by atoms with Gasteiger partial charge in [0.1, 0.15) is 6.61 Å². The van der Waals surface area contributed by atoms with E-state index in [1.807, 2.05) is 12.1 Å². The molecule has 0 aliphatic rings. The highest BCUT2D eigenvalue weighted by atomic mass is 16.5. The minimum atomic E-state index is -0.115. The van der Waals surface area contributed by atoms with Crippen molar-refractivity contribution in [3.63, 3.8) is 0 Å². The maximum absolute atomic E-state index is 11.7. The van der Waals surface area contributed by atoms with Crippen molar-refractivity contribution in [3.8, 4) is 0 Å². The first kappa shape index (κ1) is 23.9. The number of hydrogen-bond donors (Lipinski definition) is 0. The average molecular weight is 384 g/mol. The molecule has 0 saturated carbocycles. The average Bonchev–Trinajstić information content (AvgIpc) is 2.72. The molecule has 0 aromatic carbocycles. The number of hydrogen-bond acceptors (Lipinski definition) is 3. The van der Waals surface area contributed by atoms with Crippen molar-refractivity contribution in [2.45, 2.75) is 84.2 Å². The Morgan fingerprint density at radius 2 is 1.61 bits per heavy atom. The predicted molar refractivity (Wildman–Crippen MR) is 118 cm³/mol. The maximum atomic E-state index is 11.7. The third-order valence-electron chi connectivity index (χ3n) is 4.39. The van der Waals surface area contributed by atoms with Crippen LogP contribution in [-0.2, 0) is 16.1 Å². The molecule has 154 valence electrons. The van der Waals surface area contributed by atoms with Crippen molar-refractivity contribution in [2.75, 3.05) is 0 Å². The van der Waals surface area contributed by atoms with Gasteiger partial charge in [-0.05, 0) is 44.6 Å². The Morgan fingerprint density at radius 1 is 0.929 bits per heavy atom. The van der Waals surface area contributed by atoms with Gasteiger partial charge in [-0.15, -0.1) is 0 Å². The molecule has 0 bridgehead atoms. The van der Waals surface area contributed by atoms with Gasteiger partial charge >= 0.3 is 5.97 Å². The second-order valence-corrected chi connectivity index (χ2v) is 7.00. The summed E-state index contributed by atoms with van der Waals surface area (Å²) in [6.07, 6.45) is 28.8. The number of pyridine rings is 1. The molecule has 0 spiro atoms. The summed E-state index contributed by atoms with van der Waals surface area (Å²) >= 11 is 0. The van der Waals surface area contributed by atoms with Crippen molar-refractivity contribution in [1.29, 1.82) is 0 Å². The molecule has 0 unspecified atom stereocenters. The van der Waals surface area contributed by atoms with E-state index in [0.717, 1.165) is 37.7 Å². The van der Waals surface area contributed by atoms with E-state index in [9.17, 15) is 4.79 Å². The van der Waals surface area contributed by atoms with Gasteiger partial charge in [-0.2, -0.15) is 0 Å². The van der Waals surface area contributed by atoms with Gasteiger partial charge in [0.25, 0.3) is 0 Å². The smallest absolute Gasteiger partial charge is 0.306 e. The molecular weight excluding hydrogens is 346 g/mol. The molecule has 28 heavy (non-hydrogen) atoms. The quantitative estimate of drug-likeness (QED) is 0.173. The highest BCUT2D eigenvalue weighted by Crippen LogP contribution is 2.08. The van der Waals surface area contributed by atoms with Crippen LogP contribution >= 0.6 is 0 Å². The summed E-state index contributed by atoms with van der Waals surface area (Å²) in [6.45, 7) is 2.55. The Balaban J connectivity index is 1.88. The van der Waals surface area contributed by atoms with Crippen molar-refractivity contribution in [2.24, 2.45) is 0 Å². The first-order chi connectivity index (χ1) is 13.8. The monoisotopic (exact) mass is 383 g/mol. The third kappa shape index (κ3) is 15.0. The molecule has 1 aromatic rings. The van der Waals surface area contributed by atoms with E-state index in [-0.39, 0.29) is 5.97 Å². The highest BCUT2D eigenvalue weighted by Gasteiger charge is 2.03. The normalized spacial score (nSPS) is 11.8. The molecule has 0 fully saturated rings. The maximum Gasteiger partial charge on any atom is 0.306 e. The summed E-state index contributed by atoms with van der Waals surface area (Å²) < 4.78 is 5.25. The number of unbranched alkanes of at least 4 members (excludes halogenated alkanes) is 6. The van der Waals surface area contributed by atoms with Crippen LogP contribution < -0.4 is 0 Å². The molecule has 0 radical (unpaired) electrons. The molecule has 0 saturated heterocycles. The first-order valence-electron chi connectivity index (χ1n) is 10.8. The molecule has 1 aromatic heterocycles. The van der Waals surface area contributed by atoms with Crippen LogP contribution in [0.2, 0.25) is 0 Å². The van der Waals surface area contributed by atoms with Crippen LogP contribution in [-0.4, -0.2) is 11.0 Å². The molecule has 0 amide bonds. The number of carbonyl (C=O) groups is 1. The summed E-state index contributed by atoms with van der Waals surface area (Å²) in [4.78, 5) is 15.7. The van der Waals surface area contributed by atoms with E-state index < -0.39 is 0 Å². The standard InChI is InChI=1S/C25H37NO2/c1-2-3-4-5-6-7-8-9-10-11-12-13-14-15-16-17-20-25(27)28-23-24-19-18-21-26-22-24/h5-6,8-9,11-12,18-19,21-22H,2-4,7,10,13-17,20,23H2,1H3/b6-5-,9-8-,12-11-. The fourth-order valence-electron chi connectivity index (χ4n) is 2.70. The van der Waals surface area contributed by atoms with Gasteiger partial charge in [0.15, 0.2) is 0 Å². The van der Waals surface area contributed by atoms with Gasteiger partial charge in [0.2, 0.25) is 0 Å². The van der Waals surface area contributed by atoms with Crippen LogP contribution in [0.4, 0.5) is 0 Å². The van der Waals surface area contributed by atoms with E-state index in [1.54, 1.807) is 12.4 Å². The number of carbonyl (C=O) groups excluding carboxylic acids is 1. The molecule has 1 rings (SSSR count). The Hall–Kier alpha value is -2.16. The molecular formula is C25H37NO2. The van der Waals surface area contributed by atoms with Gasteiger partial charge in [-0.3, -0.25) is 9.78 Å². The van der Waals surface area contributed by atoms with Crippen LogP contribution in [0.25, 0.3) is 0 Å². The Bertz CT molecular complexity index is 575. The number of ether oxygens (including phenoxy) is 1. The zero-order chi connectivity index (χ0) is 20.1. The molecule has 0 atom stereocenters. The summed E-state index contributed by atoms with van der Waals surface area (Å²) in [5.74, 6) is -0.115. The van der Waals surface area contributed by atoms with E-state index in [4.69, 9.17) is 4.74 Å². The van der Waals surface area contributed by atoms with Gasteiger partial charge in [0, 0.05) is 24.4 Å². The number of nitrogens with zero attached hydrogens (tertiary/aromatic N) is 1. The van der Waals surface area contributed by atoms with Crippen molar-refractivity contribution < 1.29 is 9.53 Å². The lowest BCUT2D eigenvalue weighted by Crippen LogP contribution is -2.04. The lowest BCUT2D eigenvalue weighted by molar-refractivity contribution is -0.145. The Morgan fingerprint density at radius 3 is 2.29 bits per heavy atom. The fraction of sp³-hybridized carbons (Fsp3) is 0.520. The zero-order valence-electron chi connectivity index (χ0n) is 17.5. The van der Waals surface area contributed by atoms with E-state index in [0.29, 0.717) is 13.0 Å². The third-order valence-corrected chi connectivity index (χ3v) is 4.39. The van der Waals surface area contributed by atoms with Crippen LogP contribution in [0.15, 0.2) is 61.0 Å². The molecule has 0 aliphatic carbocycles. The lowest BCUT2D eigenvalue weighted by Gasteiger charge is -2.04. The second-order valence-electron chi connectivity index (χ2n) is 7.00. The molecule has 0 aliphatic heterocycles. The SMILES string of the molecule is CCCC/C=C\C/C=C\C/C=C\CCCCCCC(=O)OCc1cccnc1. The van der Waals surface area contributed by atoms with Gasteiger partial charge < -0.3 is 4.74 Å². The first-order valence-corrected chi connectivity index (χ1v) is 10.8. The van der Waals surface area contributed by atoms with Crippen LogP contribution in [0.1, 0.15) is 83.1 Å². The van der Waals surface area contributed by atoms with E-state index >= 15 is 0 Å². The number of aromatic nitrogens is 1. The van der Waals surface area contributed by atoms with Gasteiger partial charge in [-0.25, -0.2) is 0 Å². The Labute approximate surface area is 171 Å². The van der Waals surface area contributed by atoms with Crippen molar-refractivity contribution >= 4 is 5.97 Å². The summed E-state index contributed by atoms with van der Waals surface area (Å²) in [6, 6.07) is 3.76. The zero-order valence-corrected chi connectivity index (χ0v) is 17.5. The van der Waals surface area contributed by atoms with Crippen molar-refractivity contribution in [1.82, 2.24) is 4.98 Å². The van der Waals surface area contributed by atoms with E-state index in [1.165, 1.54) is 32.1 Å². The summed E-state index contributed by atoms with van der Waals surface area (Å²) in [5.41, 5.74) is 0.931. The highest BCUT2D eigenvalue weighted by molar-refractivity contribution is 5.69. The molecule has 0 N–H and O–H groups in total. The van der Waals surface area contributed by atoms with Crippen LogP contribution in [0.5, 0.6) is 0 Å². The molecule has 3 nitrogen and oxygen atoms in total. The lowest BCUT2D eigenvalue weighted by atomic mass is 10.1. The molecule has 1 heterocycles. The topological polar surface area (TPSA) is 39.2 Å². The summed E-state index contributed by atoms with van der Waals surface area (Å²) in [5, 5.41) is 0. The second kappa shape index (κ2) is 18.2. The van der Waals surface area contributed by atoms with Crippen LogP contribution in [0.3, 0.4) is 0 Å². The summed E-state index contributed by atoms with van der Waals surface area (Å²) in [7, 11) is 0. The Kier molecular flexibility index (Phi) is 15.5. The minimum absolute atomic E-state index is 0.115. The number of allylic oxidation sites excluding steroid dienone is 6. The van der Waals surface area contributed by atoms with Crippen molar-refractivity contribution in [3.05, 3.63) is 66.5 Å². The minimum Gasteiger partial charge on any atom is -0.461 e. The van der Waals surface area contributed by atoms with Gasteiger partial charge in [0.05, 0.1) is 0 Å².